The monoisotopic (exact) mass is 416 g/mol. The van der Waals surface area contributed by atoms with E-state index in [9.17, 15) is 14.4 Å². The molecule has 1 N–H and O–H groups in total. The number of amides is 3. The molecule has 8 heteroatoms. The lowest BCUT2D eigenvalue weighted by atomic mass is 10.2. The Morgan fingerprint density at radius 1 is 0.900 bits per heavy atom. The Balaban J connectivity index is 1.40. The molecule has 1 aromatic rings. The molecule has 164 valence electrons. The number of rotatable bonds is 7. The number of nitrogens with zero attached hydrogens (tertiary/aromatic N) is 3. The second-order valence-corrected chi connectivity index (χ2v) is 7.96. The van der Waals surface area contributed by atoms with Gasteiger partial charge in [0.25, 0.3) is 5.91 Å². The standard InChI is InChI=1S/C22H32N4O4/c1-17(23-20(27)16-30-19-8-4-3-5-9-19)21(28)26-14-12-24(13-15-26)18(2)22(29)25-10-6-7-11-25/h3-5,8-9,17-18H,6-7,10-16H2,1-2H3,(H,23,27). The van der Waals surface area contributed by atoms with E-state index in [0.29, 0.717) is 31.9 Å². The summed E-state index contributed by atoms with van der Waals surface area (Å²) in [7, 11) is 0. The number of benzene rings is 1. The van der Waals surface area contributed by atoms with Crippen molar-refractivity contribution in [1.29, 1.82) is 0 Å². The lowest BCUT2D eigenvalue weighted by molar-refractivity contribution is -0.140. The van der Waals surface area contributed by atoms with E-state index in [-0.39, 0.29) is 30.4 Å². The minimum atomic E-state index is -0.618. The Morgan fingerprint density at radius 2 is 1.50 bits per heavy atom. The van der Waals surface area contributed by atoms with E-state index < -0.39 is 6.04 Å². The number of hydrogen-bond donors (Lipinski definition) is 1. The molecular formula is C22H32N4O4. The number of nitrogens with one attached hydrogen (secondary N) is 1. The lowest BCUT2D eigenvalue weighted by Gasteiger charge is -2.39. The van der Waals surface area contributed by atoms with Crippen LogP contribution in [0, 0.1) is 0 Å². The van der Waals surface area contributed by atoms with Gasteiger partial charge in [-0.15, -0.1) is 0 Å². The second kappa shape index (κ2) is 10.4. The number of likely N-dealkylation sites (tertiary alicyclic amines) is 1. The van der Waals surface area contributed by atoms with Gasteiger partial charge in [0.15, 0.2) is 6.61 Å². The number of hydrogen-bond acceptors (Lipinski definition) is 5. The summed E-state index contributed by atoms with van der Waals surface area (Å²) < 4.78 is 5.42. The quantitative estimate of drug-likeness (QED) is 0.709. The number of carbonyl (C=O) groups is 3. The maximum Gasteiger partial charge on any atom is 0.258 e. The summed E-state index contributed by atoms with van der Waals surface area (Å²) in [5, 5.41) is 2.71. The van der Waals surface area contributed by atoms with Crippen LogP contribution in [0.3, 0.4) is 0 Å². The molecule has 0 bridgehead atoms. The molecule has 1 aromatic carbocycles. The van der Waals surface area contributed by atoms with Crippen molar-refractivity contribution in [3.63, 3.8) is 0 Å². The van der Waals surface area contributed by atoms with E-state index in [1.54, 1.807) is 24.0 Å². The highest BCUT2D eigenvalue weighted by Crippen LogP contribution is 2.14. The van der Waals surface area contributed by atoms with Crippen LogP contribution in [0.5, 0.6) is 5.75 Å². The molecule has 3 rings (SSSR count). The summed E-state index contributed by atoms with van der Waals surface area (Å²) in [6.45, 7) is 7.64. The zero-order valence-electron chi connectivity index (χ0n) is 17.9. The summed E-state index contributed by atoms with van der Waals surface area (Å²) in [6.07, 6.45) is 2.17. The van der Waals surface area contributed by atoms with Crippen molar-refractivity contribution in [3.05, 3.63) is 30.3 Å². The molecule has 2 saturated heterocycles. The first kappa shape index (κ1) is 22.1. The van der Waals surface area contributed by atoms with Gasteiger partial charge in [-0.2, -0.15) is 0 Å². The van der Waals surface area contributed by atoms with Gasteiger partial charge in [-0.05, 0) is 38.8 Å². The third-order valence-corrected chi connectivity index (χ3v) is 5.81. The minimum Gasteiger partial charge on any atom is -0.484 e. The molecule has 2 atom stereocenters. The van der Waals surface area contributed by atoms with Crippen molar-refractivity contribution in [1.82, 2.24) is 20.0 Å². The third-order valence-electron chi connectivity index (χ3n) is 5.81. The molecule has 0 radical (unpaired) electrons. The summed E-state index contributed by atoms with van der Waals surface area (Å²) >= 11 is 0. The van der Waals surface area contributed by atoms with Crippen molar-refractivity contribution in [3.8, 4) is 5.75 Å². The minimum absolute atomic E-state index is 0.110. The van der Waals surface area contributed by atoms with Crippen molar-refractivity contribution in [2.24, 2.45) is 0 Å². The average Bonchev–Trinajstić information content (AvgIpc) is 3.32. The van der Waals surface area contributed by atoms with Gasteiger partial charge in [0.05, 0.1) is 6.04 Å². The fourth-order valence-electron chi connectivity index (χ4n) is 3.97. The van der Waals surface area contributed by atoms with Gasteiger partial charge < -0.3 is 19.9 Å². The predicted octanol–water partition coefficient (Wildman–Crippen LogP) is 0.725. The molecule has 0 saturated carbocycles. The molecular weight excluding hydrogens is 384 g/mol. The van der Waals surface area contributed by atoms with Crippen LogP contribution in [-0.2, 0) is 14.4 Å². The largest absolute Gasteiger partial charge is 0.484 e. The maximum absolute atomic E-state index is 12.7. The molecule has 30 heavy (non-hydrogen) atoms. The van der Waals surface area contributed by atoms with Crippen molar-refractivity contribution >= 4 is 17.7 Å². The highest BCUT2D eigenvalue weighted by Gasteiger charge is 2.32. The smallest absolute Gasteiger partial charge is 0.258 e. The molecule has 2 unspecified atom stereocenters. The van der Waals surface area contributed by atoms with Gasteiger partial charge in [0.1, 0.15) is 11.8 Å². The molecule has 2 fully saturated rings. The van der Waals surface area contributed by atoms with Crippen molar-refractivity contribution in [2.45, 2.75) is 38.8 Å². The zero-order valence-corrected chi connectivity index (χ0v) is 17.9. The summed E-state index contributed by atoms with van der Waals surface area (Å²) in [5.74, 6) is 0.357. The predicted molar refractivity (Wildman–Crippen MR) is 113 cm³/mol. The average molecular weight is 417 g/mol. The maximum atomic E-state index is 12.7. The third kappa shape index (κ3) is 5.72. The highest BCUT2D eigenvalue weighted by molar-refractivity contribution is 5.88. The summed E-state index contributed by atoms with van der Waals surface area (Å²) in [6, 6.07) is 8.31. The molecule has 0 spiro atoms. The SMILES string of the molecule is CC(NC(=O)COc1ccccc1)C(=O)N1CCN(C(C)C(=O)N2CCCC2)CC1. The topological polar surface area (TPSA) is 82.2 Å². The van der Waals surface area contributed by atoms with E-state index in [1.165, 1.54) is 0 Å². The van der Waals surface area contributed by atoms with Crippen LogP contribution in [0.25, 0.3) is 0 Å². The van der Waals surface area contributed by atoms with E-state index >= 15 is 0 Å². The van der Waals surface area contributed by atoms with E-state index in [1.807, 2.05) is 30.0 Å². The van der Waals surface area contributed by atoms with Crippen LogP contribution in [0.15, 0.2) is 30.3 Å². The molecule has 2 aliphatic heterocycles. The van der Waals surface area contributed by atoms with E-state index in [4.69, 9.17) is 4.74 Å². The summed E-state index contributed by atoms with van der Waals surface area (Å²) in [5.41, 5.74) is 0. The van der Waals surface area contributed by atoms with Gasteiger partial charge in [0, 0.05) is 39.3 Å². The fourth-order valence-corrected chi connectivity index (χ4v) is 3.97. The Morgan fingerprint density at radius 3 is 2.13 bits per heavy atom. The normalized spacial score (nSPS) is 19.3. The highest BCUT2D eigenvalue weighted by atomic mass is 16.5. The number of piperazine rings is 1. The van der Waals surface area contributed by atoms with Crippen LogP contribution < -0.4 is 10.1 Å². The first-order valence-electron chi connectivity index (χ1n) is 10.7. The van der Waals surface area contributed by atoms with Gasteiger partial charge >= 0.3 is 0 Å². The van der Waals surface area contributed by atoms with E-state index in [2.05, 4.69) is 10.2 Å². The van der Waals surface area contributed by atoms with Crippen LogP contribution in [0.1, 0.15) is 26.7 Å². The Bertz CT molecular complexity index is 728. The number of para-hydroxylation sites is 1. The number of carbonyl (C=O) groups excluding carboxylic acids is 3. The number of ether oxygens (including phenoxy) is 1. The second-order valence-electron chi connectivity index (χ2n) is 7.96. The Kier molecular flexibility index (Phi) is 7.68. The molecule has 3 amide bonds. The summed E-state index contributed by atoms with van der Waals surface area (Å²) in [4.78, 5) is 43.2. The molecule has 2 aliphatic rings. The fraction of sp³-hybridized carbons (Fsp3) is 0.591. The van der Waals surface area contributed by atoms with Gasteiger partial charge in [-0.25, -0.2) is 0 Å². The first-order valence-corrected chi connectivity index (χ1v) is 10.7. The van der Waals surface area contributed by atoms with Crippen LogP contribution in [-0.4, -0.2) is 90.4 Å². The van der Waals surface area contributed by atoms with Gasteiger partial charge in [-0.1, -0.05) is 18.2 Å². The molecule has 0 aliphatic carbocycles. The van der Waals surface area contributed by atoms with Crippen LogP contribution in [0.4, 0.5) is 0 Å². The van der Waals surface area contributed by atoms with Crippen LogP contribution >= 0.6 is 0 Å². The van der Waals surface area contributed by atoms with Crippen molar-refractivity contribution in [2.75, 3.05) is 45.9 Å². The Hall–Kier alpha value is -2.61. The Labute approximate surface area is 178 Å². The van der Waals surface area contributed by atoms with Crippen LogP contribution in [0.2, 0.25) is 0 Å². The van der Waals surface area contributed by atoms with Gasteiger partial charge in [0.2, 0.25) is 11.8 Å². The zero-order chi connectivity index (χ0) is 21.5. The van der Waals surface area contributed by atoms with Crippen molar-refractivity contribution < 1.29 is 19.1 Å². The molecule has 8 nitrogen and oxygen atoms in total. The van der Waals surface area contributed by atoms with Gasteiger partial charge in [-0.3, -0.25) is 19.3 Å². The first-order chi connectivity index (χ1) is 14.5. The molecule has 2 heterocycles. The molecule has 0 aromatic heterocycles. The van der Waals surface area contributed by atoms with E-state index in [0.717, 1.165) is 25.9 Å². The lowest BCUT2D eigenvalue weighted by Crippen LogP contribution is -2.58.